The molecule has 6 heteroatoms. The van der Waals surface area contributed by atoms with E-state index in [1.54, 1.807) is 0 Å². The number of carbonyl (C=O) groups is 1. The van der Waals surface area contributed by atoms with Crippen LogP contribution in [0.25, 0.3) is 10.2 Å². The van der Waals surface area contributed by atoms with E-state index in [1.165, 1.54) is 11.3 Å². The van der Waals surface area contributed by atoms with Gasteiger partial charge < -0.3 is 5.32 Å². The molecule has 0 spiro atoms. The highest BCUT2D eigenvalue weighted by molar-refractivity contribution is 7.18. The number of hydrogen-bond donors (Lipinski definition) is 1. The Kier molecular flexibility index (Phi) is 3.76. The lowest BCUT2D eigenvalue weighted by Gasteiger charge is -2.21. The summed E-state index contributed by atoms with van der Waals surface area (Å²) in [7, 11) is 0. The summed E-state index contributed by atoms with van der Waals surface area (Å²) in [5.74, 6) is -1.69. The second-order valence-corrected chi connectivity index (χ2v) is 6.10. The Labute approximate surface area is 119 Å². The quantitative estimate of drug-likeness (QED) is 0.947. The number of fused-ring (bicyclic) bond motifs is 1. The van der Waals surface area contributed by atoms with E-state index in [9.17, 15) is 13.6 Å². The van der Waals surface area contributed by atoms with Gasteiger partial charge in [-0.2, -0.15) is 0 Å². The number of Topliss-reactive ketones (excluding diaryl/α,β-unsaturated/α-hetero) is 1. The zero-order valence-electron chi connectivity index (χ0n) is 10.8. The number of carbonyl (C=O) groups excluding carboxylic acids is 1. The van der Waals surface area contributed by atoms with Crippen molar-refractivity contribution in [2.24, 2.45) is 0 Å². The van der Waals surface area contributed by atoms with E-state index in [0.29, 0.717) is 15.2 Å². The van der Waals surface area contributed by atoms with Gasteiger partial charge in [0.15, 0.2) is 17.4 Å². The lowest BCUT2D eigenvalue weighted by molar-refractivity contribution is -0.120. The van der Waals surface area contributed by atoms with Crippen LogP contribution in [0.4, 0.5) is 8.78 Å². The normalized spacial score (nSPS) is 19.4. The number of ketones is 1. The number of thiazole rings is 1. The summed E-state index contributed by atoms with van der Waals surface area (Å²) < 4.78 is 26.8. The number of hydrogen-bond acceptors (Lipinski definition) is 4. The summed E-state index contributed by atoms with van der Waals surface area (Å²) >= 11 is 1.25. The third-order valence-electron chi connectivity index (χ3n) is 3.50. The molecule has 1 aromatic carbocycles. The van der Waals surface area contributed by atoms with Crippen LogP contribution in [0.2, 0.25) is 0 Å². The fraction of sp³-hybridized carbons (Fsp3) is 0.429. The first-order chi connectivity index (χ1) is 9.63. The number of halogens is 2. The van der Waals surface area contributed by atoms with E-state index in [-0.39, 0.29) is 18.2 Å². The highest BCUT2D eigenvalue weighted by atomic mass is 32.1. The van der Waals surface area contributed by atoms with Crippen molar-refractivity contribution >= 4 is 27.3 Å². The van der Waals surface area contributed by atoms with Crippen LogP contribution in [0.15, 0.2) is 12.1 Å². The number of aromatic nitrogens is 1. The lowest BCUT2D eigenvalue weighted by Crippen LogP contribution is -2.41. The molecule has 2 aromatic rings. The van der Waals surface area contributed by atoms with Crippen molar-refractivity contribution in [1.29, 1.82) is 0 Å². The van der Waals surface area contributed by atoms with Crippen molar-refractivity contribution in [3.8, 4) is 0 Å². The molecule has 1 aliphatic heterocycles. The van der Waals surface area contributed by atoms with E-state index in [1.807, 2.05) is 0 Å². The van der Waals surface area contributed by atoms with E-state index in [4.69, 9.17) is 0 Å². The van der Waals surface area contributed by atoms with Gasteiger partial charge in [0, 0.05) is 6.07 Å². The molecule has 1 fully saturated rings. The Morgan fingerprint density at radius 3 is 2.90 bits per heavy atom. The van der Waals surface area contributed by atoms with Gasteiger partial charge in [-0.05, 0) is 25.5 Å². The first kappa shape index (κ1) is 13.6. The van der Waals surface area contributed by atoms with Gasteiger partial charge >= 0.3 is 0 Å². The Balaban J connectivity index is 1.78. The van der Waals surface area contributed by atoms with Crippen LogP contribution < -0.4 is 5.32 Å². The fourth-order valence-corrected chi connectivity index (χ4v) is 3.43. The molecular weight excluding hydrogens is 282 g/mol. The van der Waals surface area contributed by atoms with Crippen molar-refractivity contribution in [1.82, 2.24) is 10.3 Å². The summed E-state index contributed by atoms with van der Waals surface area (Å²) in [6.07, 6.45) is 3.23. The maximum atomic E-state index is 13.1. The number of nitrogens with zero attached hydrogens (tertiary/aromatic N) is 1. The predicted octanol–water partition coefficient (Wildman–Crippen LogP) is 2.83. The van der Waals surface area contributed by atoms with Gasteiger partial charge in [-0.15, -0.1) is 11.3 Å². The third-order valence-corrected chi connectivity index (χ3v) is 4.52. The van der Waals surface area contributed by atoms with E-state index < -0.39 is 11.6 Å². The Morgan fingerprint density at radius 2 is 2.15 bits per heavy atom. The van der Waals surface area contributed by atoms with Crippen molar-refractivity contribution in [3.05, 3.63) is 28.8 Å². The van der Waals surface area contributed by atoms with E-state index in [2.05, 4.69) is 10.3 Å². The fourth-order valence-electron chi connectivity index (χ4n) is 2.45. The highest BCUT2D eigenvalue weighted by Gasteiger charge is 2.22. The molecule has 106 valence electrons. The summed E-state index contributed by atoms with van der Waals surface area (Å²) in [6.45, 7) is 0.868. The van der Waals surface area contributed by atoms with Gasteiger partial charge in [-0.3, -0.25) is 4.79 Å². The predicted molar refractivity (Wildman–Crippen MR) is 73.9 cm³/mol. The Hall–Kier alpha value is -1.40. The number of nitrogens with one attached hydrogen (secondary N) is 1. The minimum atomic E-state index is -0.908. The molecule has 1 saturated heterocycles. The van der Waals surface area contributed by atoms with Crippen molar-refractivity contribution in [2.75, 3.05) is 6.54 Å². The van der Waals surface area contributed by atoms with Crippen LogP contribution in [-0.2, 0) is 11.2 Å². The number of piperidine rings is 1. The molecule has 0 saturated carbocycles. The molecule has 1 aromatic heterocycles. The summed E-state index contributed by atoms with van der Waals surface area (Å²) in [6, 6.07) is 2.10. The lowest BCUT2D eigenvalue weighted by atomic mass is 10.00. The van der Waals surface area contributed by atoms with Gasteiger partial charge in [-0.1, -0.05) is 6.42 Å². The molecule has 20 heavy (non-hydrogen) atoms. The SMILES string of the molecule is O=C(Cc1nc2cc(F)c(F)cc2s1)[C@@H]1CCCCN1. The van der Waals surface area contributed by atoms with Crippen molar-refractivity contribution < 1.29 is 13.6 Å². The van der Waals surface area contributed by atoms with Crippen LogP contribution in [0.1, 0.15) is 24.3 Å². The molecule has 1 N–H and O–H groups in total. The highest BCUT2D eigenvalue weighted by Crippen LogP contribution is 2.25. The molecule has 0 amide bonds. The minimum Gasteiger partial charge on any atom is -0.307 e. The maximum Gasteiger partial charge on any atom is 0.161 e. The molecule has 3 rings (SSSR count). The number of rotatable bonds is 3. The average Bonchev–Trinajstić information content (AvgIpc) is 2.81. The monoisotopic (exact) mass is 296 g/mol. The molecule has 0 aliphatic carbocycles. The second-order valence-electron chi connectivity index (χ2n) is 4.99. The van der Waals surface area contributed by atoms with Crippen LogP contribution in [0, 0.1) is 11.6 Å². The number of benzene rings is 1. The van der Waals surface area contributed by atoms with Crippen LogP contribution in [0.5, 0.6) is 0 Å². The molecule has 3 nitrogen and oxygen atoms in total. The average molecular weight is 296 g/mol. The Bertz CT molecular complexity index is 611. The van der Waals surface area contributed by atoms with Gasteiger partial charge in [0.05, 0.1) is 22.7 Å². The van der Waals surface area contributed by atoms with Gasteiger partial charge in [0.1, 0.15) is 5.01 Å². The van der Waals surface area contributed by atoms with Gasteiger partial charge in [0.25, 0.3) is 0 Å². The molecule has 0 unspecified atom stereocenters. The molecule has 1 aliphatic rings. The van der Waals surface area contributed by atoms with Crippen molar-refractivity contribution in [2.45, 2.75) is 31.7 Å². The zero-order valence-corrected chi connectivity index (χ0v) is 11.6. The summed E-state index contributed by atoms with van der Waals surface area (Å²) in [5, 5.41) is 3.81. The minimum absolute atomic E-state index is 0.102. The topological polar surface area (TPSA) is 42.0 Å². The first-order valence-electron chi connectivity index (χ1n) is 6.64. The van der Waals surface area contributed by atoms with E-state index in [0.717, 1.165) is 37.9 Å². The summed E-state index contributed by atoms with van der Waals surface area (Å²) in [5.41, 5.74) is 0.410. The zero-order chi connectivity index (χ0) is 14.1. The molecule has 0 radical (unpaired) electrons. The standard InChI is InChI=1S/C14H14F2N2OS/c15-8-5-11-13(6-9(8)16)20-14(18-11)7-12(19)10-3-1-2-4-17-10/h5-6,10,17H,1-4,7H2/t10-/m0/s1. The third kappa shape index (κ3) is 2.71. The van der Waals surface area contributed by atoms with Gasteiger partial charge in [0.2, 0.25) is 0 Å². The maximum absolute atomic E-state index is 13.1. The van der Waals surface area contributed by atoms with Crippen molar-refractivity contribution in [3.63, 3.8) is 0 Å². The van der Waals surface area contributed by atoms with Crippen LogP contribution in [0.3, 0.4) is 0 Å². The largest absolute Gasteiger partial charge is 0.307 e. The molecule has 1 atom stereocenters. The molecular formula is C14H14F2N2OS. The van der Waals surface area contributed by atoms with Crippen LogP contribution >= 0.6 is 11.3 Å². The Morgan fingerprint density at radius 1 is 1.35 bits per heavy atom. The van der Waals surface area contributed by atoms with Crippen LogP contribution in [-0.4, -0.2) is 23.4 Å². The second kappa shape index (κ2) is 5.54. The first-order valence-corrected chi connectivity index (χ1v) is 7.46. The molecule has 0 bridgehead atoms. The van der Waals surface area contributed by atoms with Gasteiger partial charge in [-0.25, -0.2) is 13.8 Å². The molecule has 2 heterocycles. The summed E-state index contributed by atoms with van der Waals surface area (Å²) in [4.78, 5) is 16.3. The van der Waals surface area contributed by atoms with E-state index >= 15 is 0 Å². The smallest absolute Gasteiger partial charge is 0.161 e.